The maximum absolute atomic E-state index is 13.3. The van der Waals surface area contributed by atoms with Gasteiger partial charge >= 0.3 is 0 Å². The van der Waals surface area contributed by atoms with E-state index in [4.69, 9.17) is 5.26 Å². The number of hydrogen-bond acceptors (Lipinski definition) is 3. The van der Waals surface area contributed by atoms with E-state index in [1.165, 1.54) is 11.1 Å². The third-order valence-corrected chi connectivity index (χ3v) is 5.43. The number of likely N-dealkylation sites (tertiary alicyclic amines) is 1. The molecule has 4 nitrogen and oxygen atoms in total. The van der Waals surface area contributed by atoms with Crippen LogP contribution in [0.25, 0.3) is 0 Å². The number of amides is 1. The molecule has 1 saturated heterocycles. The predicted molar refractivity (Wildman–Crippen MR) is 97.8 cm³/mol. The summed E-state index contributed by atoms with van der Waals surface area (Å²) in [6, 6.07) is 15.7. The van der Waals surface area contributed by atoms with E-state index in [2.05, 4.69) is 43.1 Å². The summed E-state index contributed by atoms with van der Waals surface area (Å²) in [5.74, 6) is 0.405. The molecule has 0 radical (unpaired) electrons. The van der Waals surface area contributed by atoms with Gasteiger partial charge in [0.05, 0.1) is 11.6 Å². The van der Waals surface area contributed by atoms with Crippen LogP contribution in [0.4, 0.5) is 5.69 Å². The number of aryl methyl sites for hydroxylation is 1. The number of carbonyl (C=O) groups excluding carboxylic acids is 1. The molecule has 1 fully saturated rings. The SMILES string of the molecule is Cc1ccc2c(c1)[C@@H]1CN(C)CC[C@@H]1N2C(=O)c1ccc(C#N)cc1. The summed E-state index contributed by atoms with van der Waals surface area (Å²) in [4.78, 5) is 17.6. The van der Waals surface area contributed by atoms with Crippen LogP contribution in [0.15, 0.2) is 42.5 Å². The fraction of sp³-hybridized carbons (Fsp3) is 0.333. The predicted octanol–water partition coefficient (Wildman–Crippen LogP) is 3.31. The van der Waals surface area contributed by atoms with Crippen LogP contribution in [0, 0.1) is 18.3 Å². The molecule has 2 heterocycles. The molecular weight excluding hydrogens is 310 g/mol. The number of hydrogen-bond donors (Lipinski definition) is 0. The van der Waals surface area contributed by atoms with Crippen molar-refractivity contribution in [3.05, 3.63) is 64.7 Å². The fourth-order valence-electron chi connectivity index (χ4n) is 4.17. The van der Waals surface area contributed by atoms with Gasteiger partial charge in [-0.3, -0.25) is 4.79 Å². The highest BCUT2D eigenvalue weighted by Crippen LogP contribution is 2.45. The van der Waals surface area contributed by atoms with Gasteiger partial charge in [0.2, 0.25) is 0 Å². The molecule has 1 amide bonds. The van der Waals surface area contributed by atoms with Crippen LogP contribution in [0.5, 0.6) is 0 Å². The summed E-state index contributed by atoms with van der Waals surface area (Å²) >= 11 is 0. The summed E-state index contributed by atoms with van der Waals surface area (Å²) in [6.07, 6.45) is 0.983. The number of benzene rings is 2. The second-order valence-electron chi connectivity index (χ2n) is 7.15. The Morgan fingerprint density at radius 3 is 2.68 bits per heavy atom. The Balaban J connectivity index is 1.75. The molecule has 25 heavy (non-hydrogen) atoms. The smallest absolute Gasteiger partial charge is 0.258 e. The van der Waals surface area contributed by atoms with E-state index < -0.39 is 0 Å². The lowest BCUT2D eigenvalue weighted by Crippen LogP contribution is -2.47. The van der Waals surface area contributed by atoms with Crippen LogP contribution in [0.2, 0.25) is 0 Å². The van der Waals surface area contributed by atoms with Gasteiger partial charge in [-0.05, 0) is 62.8 Å². The van der Waals surface area contributed by atoms with Gasteiger partial charge in [-0.1, -0.05) is 17.7 Å². The molecule has 126 valence electrons. The maximum atomic E-state index is 13.3. The van der Waals surface area contributed by atoms with Crippen molar-refractivity contribution in [1.29, 1.82) is 5.26 Å². The molecule has 0 saturated carbocycles. The van der Waals surface area contributed by atoms with Gasteiger partial charge in [0, 0.05) is 29.8 Å². The second-order valence-corrected chi connectivity index (χ2v) is 7.15. The molecule has 0 N–H and O–H groups in total. The van der Waals surface area contributed by atoms with Crippen LogP contribution in [-0.4, -0.2) is 37.0 Å². The van der Waals surface area contributed by atoms with Gasteiger partial charge in [0.15, 0.2) is 0 Å². The second kappa shape index (κ2) is 6.02. The first-order valence-corrected chi connectivity index (χ1v) is 8.71. The van der Waals surface area contributed by atoms with E-state index in [0.29, 0.717) is 17.0 Å². The highest BCUT2D eigenvalue weighted by molar-refractivity contribution is 6.08. The van der Waals surface area contributed by atoms with Crippen molar-refractivity contribution in [2.24, 2.45) is 0 Å². The molecule has 0 aliphatic carbocycles. The molecule has 2 aliphatic heterocycles. The molecule has 4 rings (SSSR count). The zero-order chi connectivity index (χ0) is 17.6. The molecule has 4 heteroatoms. The van der Waals surface area contributed by atoms with Gasteiger partial charge in [0.1, 0.15) is 0 Å². The quantitative estimate of drug-likeness (QED) is 0.805. The molecule has 2 aliphatic rings. The Morgan fingerprint density at radius 2 is 1.96 bits per heavy atom. The van der Waals surface area contributed by atoms with E-state index in [-0.39, 0.29) is 11.9 Å². The molecule has 0 aromatic heterocycles. The van der Waals surface area contributed by atoms with Crippen molar-refractivity contribution in [2.45, 2.75) is 25.3 Å². The summed E-state index contributed by atoms with van der Waals surface area (Å²) in [5.41, 5.74) is 4.79. The topological polar surface area (TPSA) is 47.3 Å². The van der Waals surface area contributed by atoms with Gasteiger partial charge in [0.25, 0.3) is 5.91 Å². The lowest BCUT2D eigenvalue weighted by Gasteiger charge is -2.36. The van der Waals surface area contributed by atoms with Crippen LogP contribution >= 0.6 is 0 Å². The average Bonchev–Trinajstić information content (AvgIpc) is 2.94. The first-order chi connectivity index (χ1) is 12.1. The minimum atomic E-state index is 0.0339. The van der Waals surface area contributed by atoms with E-state index >= 15 is 0 Å². The number of likely N-dealkylation sites (N-methyl/N-ethyl adjacent to an activating group) is 1. The number of anilines is 1. The van der Waals surface area contributed by atoms with Crippen molar-refractivity contribution < 1.29 is 4.79 Å². The van der Waals surface area contributed by atoms with E-state index in [9.17, 15) is 4.79 Å². The normalized spacial score (nSPS) is 22.2. The highest BCUT2D eigenvalue weighted by atomic mass is 16.2. The standard InChI is InChI=1S/C21H21N3O/c1-14-3-8-19-17(11-14)18-13-23(2)10-9-20(18)24(19)21(25)16-6-4-15(12-22)5-7-16/h3-8,11,18,20H,9-10,13H2,1-2H3/t18-,20-/m0/s1. The van der Waals surface area contributed by atoms with Gasteiger partial charge < -0.3 is 9.80 Å². The van der Waals surface area contributed by atoms with Crippen molar-refractivity contribution in [2.75, 3.05) is 25.0 Å². The monoisotopic (exact) mass is 331 g/mol. The first-order valence-electron chi connectivity index (χ1n) is 8.71. The van der Waals surface area contributed by atoms with E-state index in [1.807, 2.05) is 4.90 Å². The Labute approximate surface area is 148 Å². The Kier molecular flexibility index (Phi) is 3.82. The number of carbonyl (C=O) groups is 1. The summed E-state index contributed by atoms with van der Waals surface area (Å²) in [5, 5.41) is 8.96. The minimum absolute atomic E-state index is 0.0339. The Morgan fingerprint density at radius 1 is 1.20 bits per heavy atom. The molecule has 2 aromatic carbocycles. The number of nitrogens with zero attached hydrogens (tertiary/aromatic N) is 3. The molecule has 0 unspecified atom stereocenters. The van der Waals surface area contributed by atoms with Gasteiger partial charge in [-0.15, -0.1) is 0 Å². The number of rotatable bonds is 1. The van der Waals surface area contributed by atoms with Crippen molar-refractivity contribution in [3.8, 4) is 6.07 Å². The lowest BCUT2D eigenvalue weighted by atomic mass is 9.88. The van der Waals surface area contributed by atoms with Gasteiger partial charge in [-0.2, -0.15) is 5.26 Å². The van der Waals surface area contributed by atoms with Crippen molar-refractivity contribution in [1.82, 2.24) is 4.90 Å². The largest absolute Gasteiger partial charge is 0.306 e. The molecule has 2 atom stereocenters. The molecule has 0 bridgehead atoms. The van der Waals surface area contributed by atoms with Crippen molar-refractivity contribution >= 4 is 11.6 Å². The fourth-order valence-corrected chi connectivity index (χ4v) is 4.17. The molecule has 2 aromatic rings. The zero-order valence-corrected chi connectivity index (χ0v) is 14.6. The lowest BCUT2D eigenvalue weighted by molar-refractivity contribution is 0.0964. The highest BCUT2D eigenvalue weighted by Gasteiger charge is 2.44. The van der Waals surface area contributed by atoms with Crippen LogP contribution in [0.1, 0.15) is 39.4 Å². The average molecular weight is 331 g/mol. The molecular formula is C21H21N3O. The van der Waals surface area contributed by atoms with Gasteiger partial charge in [-0.25, -0.2) is 0 Å². The third kappa shape index (κ3) is 2.61. The zero-order valence-electron chi connectivity index (χ0n) is 14.6. The molecule has 0 spiro atoms. The van der Waals surface area contributed by atoms with Crippen LogP contribution in [0.3, 0.4) is 0 Å². The van der Waals surface area contributed by atoms with Crippen LogP contribution in [-0.2, 0) is 0 Å². The number of nitriles is 1. The third-order valence-electron chi connectivity index (χ3n) is 5.43. The Bertz CT molecular complexity index is 866. The van der Waals surface area contributed by atoms with E-state index in [1.54, 1.807) is 24.3 Å². The van der Waals surface area contributed by atoms with E-state index in [0.717, 1.165) is 25.2 Å². The summed E-state index contributed by atoms with van der Waals surface area (Å²) < 4.78 is 0. The van der Waals surface area contributed by atoms with Crippen molar-refractivity contribution in [3.63, 3.8) is 0 Å². The summed E-state index contributed by atoms with van der Waals surface area (Å²) in [6.45, 7) is 4.09. The summed E-state index contributed by atoms with van der Waals surface area (Å²) in [7, 11) is 2.15. The maximum Gasteiger partial charge on any atom is 0.258 e. The number of fused-ring (bicyclic) bond motifs is 3. The first kappa shape index (κ1) is 15.9. The minimum Gasteiger partial charge on any atom is -0.306 e. The Hall–Kier alpha value is -2.64. The number of piperidine rings is 1. The van der Waals surface area contributed by atoms with Crippen LogP contribution < -0.4 is 4.90 Å².